The summed E-state index contributed by atoms with van der Waals surface area (Å²) in [5, 5.41) is 9.10. The molecule has 3 heterocycles. The second kappa shape index (κ2) is 15.4. The zero-order chi connectivity index (χ0) is 48.8. The highest BCUT2D eigenvalue weighted by atomic mass is 32.1. The molecule has 0 spiro atoms. The van der Waals surface area contributed by atoms with Gasteiger partial charge in [0.2, 0.25) is 0 Å². The number of hydrogen-bond donors (Lipinski definition) is 0. The van der Waals surface area contributed by atoms with E-state index in [9.17, 15) is 0 Å². The summed E-state index contributed by atoms with van der Waals surface area (Å²) in [6.45, 7) is 28.1. The Bertz CT molecular complexity index is 3740. The summed E-state index contributed by atoms with van der Waals surface area (Å²) in [6, 6.07) is 63.4. The van der Waals surface area contributed by atoms with Gasteiger partial charge in [0.15, 0.2) is 0 Å². The summed E-state index contributed by atoms with van der Waals surface area (Å²) >= 11 is 1.98. The normalized spacial score (nSPS) is 13.9. The highest BCUT2D eigenvalue weighted by molar-refractivity contribution is 7.33. The zero-order valence-electron chi connectivity index (χ0n) is 43.0. The SMILES string of the molecule is CC(C)(C)c1ccc(N2c3cccc4c3B(c3cc(C(C)(C)C)ccc3N4c3ccc(C(C)(C)C)c(-c4ccc5c6ccccc6c6ccccc6c5c4)c3)c3sc4ccc(C(C)(C)C)cc4c32)cc1. The Kier molecular flexibility index (Phi) is 9.83. The Morgan fingerprint density at radius 2 is 0.929 bits per heavy atom. The van der Waals surface area contributed by atoms with Crippen LogP contribution in [0.4, 0.5) is 34.1 Å². The Hall–Kier alpha value is -6.62. The Balaban J connectivity index is 1.13. The van der Waals surface area contributed by atoms with Crippen LogP contribution in [0.2, 0.25) is 0 Å². The summed E-state index contributed by atoms with van der Waals surface area (Å²) in [4.78, 5) is 5.20. The van der Waals surface area contributed by atoms with Crippen LogP contribution >= 0.6 is 11.3 Å². The molecule has 4 heteroatoms. The van der Waals surface area contributed by atoms with Crippen molar-refractivity contribution in [3.63, 3.8) is 0 Å². The van der Waals surface area contributed by atoms with Crippen LogP contribution in [0.25, 0.3) is 53.5 Å². The molecule has 0 saturated carbocycles. The minimum atomic E-state index is -0.0971. The summed E-state index contributed by atoms with van der Waals surface area (Å²) in [7, 11) is 0. The fourth-order valence-corrected chi connectivity index (χ4v) is 13.0. The molecule has 70 heavy (non-hydrogen) atoms. The van der Waals surface area contributed by atoms with Gasteiger partial charge in [0.05, 0.1) is 5.69 Å². The van der Waals surface area contributed by atoms with E-state index in [4.69, 9.17) is 0 Å². The van der Waals surface area contributed by atoms with Crippen molar-refractivity contribution in [2.45, 2.75) is 105 Å². The van der Waals surface area contributed by atoms with Crippen LogP contribution in [0, 0.1) is 0 Å². The molecule has 10 aromatic rings. The van der Waals surface area contributed by atoms with Crippen LogP contribution in [0.5, 0.6) is 0 Å². The van der Waals surface area contributed by atoms with Crippen molar-refractivity contribution in [1.29, 1.82) is 0 Å². The van der Waals surface area contributed by atoms with Crippen molar-refractivity contribution in [2.24, 2.45) is 0 Å². The molecule has 0 N–H and O–H groups in total. The first kappa shape index (κ1) is 44.6. The third-order valence-corrected chi connectivity index (χ3v) is 16.7. The lowest BCUT2D eigenvalue weighted by molar-refractivity contribution is 0.590. The monoisotopic (exact) mass is 926 g/mol. The summed E-state index contributed by atoms with van der Waals surface area (Å²) in [5.74, 6) is 0. The minimum Gasteiger partial charge on any atom is -0.311 e. The molecule has 1 aromatic heterocycles. The predicted molar refractivity (Wildman–Crippen MR) is 309 cm³/mol. The first-order valence-electron chi connectivity index (χ1n) is 25.3. The lowest BCUT2D eigenvalue weighted by Crippen LogP contribution is -2.60. The number of nitrogens with zero attached hydrogens (tertiary/aromatic N) is 2. The smallest absolute Gasteiger partial charge is 0.264 e. The number of rotatable bonds is 3. The molecule has 0 aliphatic carbocycles. The first-order valence-corrected chi connectivity index (χ1v) is 26.1. The maximum Gasteiger partial charge on any atom is 0.264 e. The van der Waals surface area contributed by atoms with Gasteiger partial charge >= 0.3 is 0 Å². The zero-order valence-corrected chi connectivity index (χ0v) is 43.8. The molecule has 2 aliphatic rings. The second-order valence-corrected chi connectivity index (χ2v) is 25.3. The third-order valence-electron chi connectivity index (χ3n) is 15.4. The molecular weight excluding hydrogens is 864 g/mol. The van der Waals surface area contributed by atoms with Crippen molar-refractivity contribution in [3.8, 4) is 11.1 Å². The van der Waals surface area contributed by atoms with Gasteiger partial charge in [-0.25, -0.2) is 0 Å². The Morgan fingerprint density at radius 3 is 1.54 bits per heavy atom. The van der Waals surface area contributed by atoms with Crippen molar-refractivity contribution in [2.75, 3.05) is 9.80 Å². The topological polar surface area (TPSA) is 6.48 Å². The first-order chi connectivity index (χ1) is 33.3. The van der Waals surface area contributed by atoms with Gasteiger partial charge in [-0.2, -0.15) is 0 Å². The Labute approximate surface area is 419 Å². The van der Waals surface area contributed by atoms with E-state index in [1.165, 1.54) is 126 Å². The van der Waals surface area contributed by atoms with Crippen molar-refractivity contribution in [3.05, 3.63) is 186 Å². The predicted octanol–water partition coefficient (Wildman–Crippen LogP) is 17.3. The van der Waals surface area contributed by atoms with Gasteiger partial charge in [0.1, 0.15) is 0 Å². The largest absolute Gasteiger partial charge is 0.311 e. The summed E-state index contributed by atoms with van der Waals surface area (Å²) in [5.41, 5.74) is 17.9. The van der Waals surface area contributed by atoms with Crippen molar-refractivity contribution < 1.29 is 0 Å². The maximum absolute atomic E-state index is 2.61. The molecular formula is C66H63BN2S. The molecule has 2 nitrogen and oxygen atoms in total. The van der Waals surface area contributed by atoms with Crippen molar-refractivity contribution in [1.82, 2.24) is 0 Å². The van der Waals surface area contributed by atoms with Gasteiger partial charge in [-0.1, -0.05) is 186 Å². The van der Waals surface area contributed by atoms with E-state index in [-0.39, 0.29) is 28.4 Å². The van der Waals surface area contributed by atoms with Gasteiger partial charge in [0, 0.05) is 43.3 Å². The number of hydrogen-bond acceptors (Lipinski definition) is 3. The van der Waals surface area contributed by atoms with E-state index in [1.807, 2.05) is 11.3 Å². The molecule has 0 saturated heterocycles. The molecule has 2 aliphatic heterocycles. The number of fused-ring (bicyclic) bond motifs is 12. The molecule has 346 valence electrons. The van der Waals surface area contributed by atoms with Crippen LogP contribution < -0.4 is 25.5 Å². The highest BCUT2D eigenvalue weighted by Gasteiger charge is 2.46. The van der Waals surface area contributed by atoms with E-state index in [0.717, 1.165) is 0 Å². The number of anilines is 6. The lowest BCUT2D eigenvalue weighted by atomic mass is 9.36. The van der Waals surface area contributed by atoms with Gasteiger partial charge in [-0.15, -0.1) is 11.3 Å². The minimum absolute atomic E-state index is 0.0118. The van der Waals surface area contributed by atoms with E-state index in [0.29, 0.717) is 0 Å². The average Bonchev–Trinajstić information content (AvgIpc) is 3.71. The van der Waals surface area contributed by atoms with E-state index < -0.39 is 0 Å². The summed E-state index contributed by atoms with van der Waals surface area (Å²) < 4.78 is 2.74. The van der Waals surface area contributed by atoms with Crippen LogP contribution in [-0.4, -0.2) is 6.71 Å². The third kappa shape index (κ3) is 6.96. The van der Waals surface area contributed by atoms with Crippen LogP contribution in [0.3, 0.4) is 0 Å². The van der Waals surface area contributed by atoms with Crippen molar-refractivity contribution >= 4 is 110 Å². The number of benzene rings is 9. The van der Waals surface area contributed by atoms with Gasteiger partial charge in [-0.05, 0) is 159 Å². The van der Waals surface area contributed by atoms with E-state index >= 15 is 0 Å². The molecule has 0 fully saturated rings. The Morgan fingerprint density at radius 1 is 0.386 bits per heavy atom. The van der Waals surface area contributed by atoms with Crippen LogP contribution in [-0.2, 0) is 21.7 Å². The molecule has 0 amide bonds. The fraction of sp³-hybridized carbons (Fsp3) is 0.242. The molecule has 0 radical (unpaired) electrons. The quantitative estimate of drug-likeness (QED) is 0.129. The molecule has 0 atom stereocenters. The fourth-order valence-electron chi connectivity index (χ4n) is 11.7. The average molecular weight is 927 g/mol. The van der Waals surface area contributed by atoms with Crippen LogP contribution in [0.15, 0.2) is 164 Å². The van der Waals surface area contributed by atoms with Crippen LogP contribution in [0.1, 0.15) is 105 Å². The lowest BCUT2D eigenvalue weighted by Gasteiger charge is -2.43. The number of thiophene rings is 1. The maximum atomic E-state index is 2.61. The molecule has 12 rings (SSSR count). The van der Waals surface area contributed by atoms with E-state index in [1.54, 1.807) is 0 Å². The molecule has 9 aromatic carbocycles. The highest BCUT2D eigenvalue weighted by Crippen LogP contribution is 2.50. The summed E-state index contributed by atoms with van der Waals surface area (Å²) in [6.07, 6.45) is 0. The van der Waals surface area contributed by atoms with Gasteiger partial charge < -0.3 is 9.80 Å². The standard InChI is InChI=1S/C66H63BN2S/c1-63(2,3)41-25-29-44(30-26-41)69-58-23-17-22-57-60(58)67(62-61(69)53-37-42(64(4,5)6)28-35-59(53)70-62)55-38-43(65(7,8)9)27-34-56(55)68(57)45-31-33-54(66(10,11)12)51(39-45)40-24-32-50-48-20-14-13-18-46(48)47-19-15-16-21-49(47)52(50)36-40/h13-39H,1-12H3. The van der Waals surface area contributed by atoms with Gasteiger partial charge in [-0.3, -0.25) is 0 Å². The molecule has 0 bridgehead atoms. The molecule has 0 unspecified atom stereocenters. The van der Waals surface area contributed by atoms with E-state index in [2.05, 4.69) is 257 Å². The van der Waals surface area contributed by atoms with Gasteiger partial charge in [0.25, 0.3) is 6.71 Å². The second-order valence-electron chi connectivity index (χ2n) is 24.2.